The number of phenolic OH excluding ortho intramolecular Hbond substituents is 1. The highest BCUT2D eigenvalue weighted by Gasteiger charge is 2.20. The lowest BCUT2D eigenvalue weighted by Gasteiger charge is -2.14. The normalized spacial score (nSPS) is 12.1. The molecule has 0 bridgehead atoms. The van der Waals surface area contributed by atoms with Crippen LogP contribution < -0.4 is 5.32 Å². The van der Waals surface area contributed by atoms with E-state index in [0.717, 1.165) is 5.56 Å². The zero-order chi connectivity index (χ0) is 14.6. The molecule has 1 rings (SSSR count). The largest absolute Gasteiger partial charge is 0.507 e. The van der Waals surface area contributed by atoms with Crippen LogP contribution in [0.15, 0.2) is 12.1 Å². The lowest BCUT2D eigenvalue weighted by Crippen LogP contribution is -2.38. The number of hydrogen-bond donors (Lipinski definition) is 4. The van der Waals surface area contributed by atoms with Gasteiger partial charge in [0.25, 0.3) is 0 Å². The van der Waals surface area contributed by atoms with Crippen LogP contribution in [0.25, 0.3) is 0 Å². The molecule has 0 aliphatic rings. The Labute approximate surface area is 110 Å². The van der Waals surface area contributed by atoms with Crippen molar-refractivity contribution >= 4 is 11.9 Å². The monoisotopic (exact) mass is 267 g/mol. The molecule has 6 heteroatoms. The summed E-state index contributed by atoms with van der Waals surface area (Å²) in [7, 11) is 0. The van der Waals surface area contributed by atoms with Crippen LogP contribution in [-0.4, -0.2) is 33.3 Å². The molecule has 19 heavy (non-hydrogen) atoms. The minimum absolute atomic E-state index is 0.0950. The molecule has 1 aromatic rings. The highest BCUT2D eigenvalue weighted by molar-refractivity contribution is 5.80. The van der Waals surface area contributed by atoms with Gasteiger partial charge in [0.1, 0.15) is 11.8 Å². The summed E-state index contributed by atoms with van der Waals surface area (Å²) in [6, 6.07) is 2.36. The molecule has 1 aromatic carbocycles. The van der Waals surface area contributed by atoms with Crippen LogP contribution in [-0.2, 0) is 16.1 Å². The Balaban J connectivity index is 2.79. The number of carboxylic acids is 2. The number of benzene rings is 1. The zero-order valence-electron chi connectivity index (χ0n) is 10.8. The molecule has 0 radical (unpaired) electrons. The molecule has 6 nitrogen and oxygen atoms in total. The third-order valence-corrected chi connectivity index (χ3v) is 2.74. The van der Waals surface area contributed by atoms with E-state index in [1.165, 1.54) is 0 Å². The summed E-state index contributed by atoms with van der Waals surface area (Å²) in [5, 5.41) is 30.0. The maximum atomic E-state index is 10.9. The predicted octanol–water partition coefficient (Wildman–Crippen LogP) is 1.03. The number of hydrogen-bond acceptors (Lipinski definition) is 4. The fraction of sp³-hybridized carbons (Fsp3) is 0.385. The number of aliphatic carboxylic acids is 2. The Morgan fingerprint density at radius 3 is 2.42 bits per heavy atom. The topological polar surface area (TPSA) is 107 Å². The van der Waals surface area contributed by atoms with Gasteiger partial charge in [-0.05, 0) is 19.4 Å². The highest BCUT2D eigenvalue weighted by atomic mass is 16.4. The van der Waals surface area contributed by atoms with E-state index >= 15 is 0 Å². The molecule has 1 atom stereocenters. The summed E-state index contributed by atoms with van der Waals surface area (Å²) in [6.45, 7) is 3.71. The van der Waals surface area contributed by atoms with Crippen molar-refractivity contribution in [2.75, 3.05) is 0 Å². The van der Waals surface area contributed by atoms with Crippen LogP contribution in [0.3, 0.4) is 0 Å². The molecule has 0 fully saturated rings. The molecular formula is C13H17NO5. The highest BCUT2D eigenvalue weighted by Crippen LogP contribution is 2.23. The minimum atomic E-state index is -1.23. The molecule has 0 aromatic heterocycles. The number of nitrogens with one attached hydrogen (secondary N) is 1. The van der Waals surface area contributed by atoms with Crippen molar-refractivity contribution in [2.45, 2.75) is 32.9 Å². The zero-order valence-corrected chi connectivity index (χ0v) is 10.8. The molecule has 0 saturated heterocycles. The third-order valence-electron chi connectivity index (χ3n) is 2.74. The van der Waals surface area contributed by atoms with Gasteiger partial charge in [-0.1, -0.05) is 17.7 Å². The van der Waals surface area contributed by atoms with E-state index in [-0.39, 0.29) is 12.3 Å². The van der Waals surface area contributed by atoms with Crippen LogP contribution in [0.5, 0.6) is 5.75 Å². The van der Waals surface area contributed by atoms with Gasteiger partial charge in [0.05, 0.1) is 6.42 Å². The Kier molecular flexibility index (Phi) is 4.88. The predicted molar refractivity (Wildman–Crippen MR) is 68.1 cm³/mol. The maximum absolute atomic E-state index is 10.9. The molecule has 0 aliphatic carbocycles. The van der Waals surface area contributed by atoms with E-state index in [2.05, 4.69) is 5.32 Å². The summed E-state index contributed by atoms with van der Waals surface area (Å²) in [6.07, 6.45) is -0.513. The van der Waals surface area contributed by atoms with Gasteiger partial charge in [0.2, 0.25) is 0 Å². The quantitative estimate of drug-likeness (QED) is 0.613. The molecule has 0 heterocycles. The van der Waals surface area contributed by atoms with Gasteiger partial charge in [-0.25, -0.2) is 0 Å². The van der Waals surface area contributed by atoms with E-state index in [0.29, 0.717) is 11.1 Å². The van der Waals surface area contributed by atoms with Gasteiger partial charge >= 0.3 is 11.9 Å². The summed E-state index contributed by atoms with van der Waals surface area (Å²) in [5.41, 5.74) is 2.19. The third kappa shape index (κ3) is 4.26. The average molecular weight is 267 g/mol. The van der Waals surface area contributed by atoms with Gasteiger partial charge in [0, 0.05) is 12.1 Å². The van der Waals surface area contributed by atoms with Crippen molar-refractivity contribution in [3.63, 3.8) is 0 Å². The number of rotatable bonds is 6. The smallest absolute Gasteiger partial charge is 0.321 e. The summed E-state index contributed by atoms with van der Waals surface area (Å²) in [5.74, 6) is -2.33. The van der Waals surface area contributed by atoms with Crippen LogP contribution in [0, 0.1) is 13.8 Å². The van der Waals surface area contributed by atoms with Crippen molar-refractivity contribution in [2.24, 2.45) is 0 Å². The second kappa shape index (κ2) is 6.19. The second-order valence-corrected chi connectivity index (χ2v) is 4.46. The molecule has 0 spiro atoms. The van der Waals surface area contributed by atoms with Crippen LogP contribution in [0.4, 0.5) is 0 Å². The number of aromatic hydroxyl groups is 1. The summed E-state index contributed by atoms with van der Waals surface area (Å²) < 4.78 is 0. The number of carbonyl (C=O) groups is 2. The lowest BCUT2D eigenvalue weighted by molar-refractivity contribution is -0.146. The van der Waals surface area contributed by atoms with Crippen molar-refractivity contribution in [1.29, 1.82) is 0 Å². The molecule has 104 valence electrons. The first-order chi connectivity index (χ1) is 8.81. The van der Waals surface area contributed by atoms with Gasteiger partial charge in [-0.3, -0.25) is 14.9 Å². The van der Waals surface area contributed by atoms with E-state index in [1.54, 1.807) is 13.0 Å². The number of aryl methyl sites for hydroxylation is 2. The standard InChI is InChI=1S/C13H17NO5/c1-7-3-8(2)12(17)9(4-7)6-14-10(13(18)19)5-11(15)16/h3-4,10,14,17H,5-6H2,1-2H3,(H,15,16)(H,18,19). The van der Waals surface area contributed by atoms with Gasteiger partial charge in [0.15, 0.2) is 0 Å². The van der Waals surface area contributed by atoms with Crippen LogP contribution in [0.2, 0.25) is 0 Å². The van der Waals surface area contributed by atoms with Crippen molar-refractivity contribution in [1.82, 2.24) is 5.32 Å². The van der Waals surface area contributed by atoms with E-state index < -0.39 is 24.4 Å². The molecule has 1 unspecified atom stereocenters. The minimum Gasteiger partial charge on any atom is -0.507 e. The number of phenols is 1. The van der Waals surface area contributed by atoms with Crippen molar-refractivity contribution < 1.29 is 24.9 Å². The Bertz CT molecular complexity index is 498. The lowest BCUT2D eigenvalue weighted by atomic mass is 10.0. The van der Waals surface area contributed by atoms with Gasteiger partial charge in [-0.2, -0.15) is 0 Å². The molecule has 4 N–H and O–H groups in total. The SMILES string of the molecule is Cc1cc(C)c(O)c(CNC(CC(=O)O)C(=O)O)c1. The molecular weight excluding hydrogens is 250 g/mol. The molecule has 0 saturated carbocycles. The molecule has 0 aliphatic heterocycles. The van der Waals surface area contributed by atoms with E-state index in [4.69, 9.17) is 10.2 Å². The van der Waals surface area contributed by atoms with Crippen molar-refractivity contribution in [3.8, 4) is 5.75 Å². The van der Waals surface area contributed by atoms with E-state index in [1.807, 2.05) is 13.0 Å². The summed E-state index contributed by atoms with van der Waals surface area (Å²) >= 11 is 0. The van der Waals surface area contributed by atoms with Crippen LogP contribution in [0.1, 0.15) is 23.1 Å². The summed E-state index contributed by atoms with van der Waals surface area (Å²) in [4.78, 5) is 21.4. The first-order valence-corrected chi connectivity index (χ1v) is 5.78. The van der Waals surface area contributed by atoms with Gasteiger partial charge < -0.3 is 15.3 Å². The first kappa shape index (κ1) is 15.0. The average Bonchev–Trinajstić information content (AvgIpc) is 2.29. The fourth-order valence-electron chi connectivity index (χ4n) is 1.84. The van der Waals surface area contributed by atoms with Crippen LogP contribution >= 0.6 is 0 Å². The Morgan fingerprint density at radius 1 is 1.26 bits per heavy atom. The molecule has 0 amide bonds. The van der Waals surface area contributed by atoms with Crippen molar-refractivity contribution in [3.05, 3.63) is 28.8 Å². The first-order valence-electron chi connectivity index (χ1n) is 5.78. The fourth-order valence-corrected chi connectivity index (χ4v) is 1.84. The Morgan fingerprint density at radius 2 is 1.89 bits per heavy atom. The van der Waals surface area contributed by atoms with Gasteiger partial charge in [-0.15, -0.1) is 0 Å². The second-order valence-electron chi connectivity index (χ2n) is 4.46. The Hall–Kier alpha value is -2.08. The number of carboxylic acid groups (broad SMARTS) is 2. The van der Waals surface area contributed by atoms with E-state index in [9.17, 15) is 14.7 Å². The maximum Gasteiger partial charge on any atom is 0.321 e.